The van der Waals surface area contributed by atoms with Gasteiger partial charge in [-0.15, -0.1) is 0 Å². The lowest BCUT2D eigenvalue weighted by Crippen LogP contribution is -2.72. The Bertz CT molecular complexity index is 2740. The molecule has 1 saturated heterocycles. The average Bonchev–Trinajstić information content (AvgIpc) is 4.01. The summed E-state index contributed by atoms with van der Waals surface area (Å²) in [5.74, 6) is 10.2. The molecule has 10 atom stereocenters. The Hall–Kier alpha value is -6.65. The number of carbonyl (C=O) groups is 2. The molecule has 0 aromatic heterocycles. The number of esters is 1. The standard InChI is InChI=1S/C48H46N4O15/c49-46(50)43(65-34(57)18-33(55)56)45-48(60)14-6-10-26-28(20-52-19-24-13-15-51-37(24)29(52)21-53)35-32(17-31(26)64-47(67-45)38(58)44(48)59)63-39-25(23-7-2-1-3-8-23)9-4-5-16-61-41-30(62-22-54)12-11-27-36(39)42(35)66-40(27)41/h1-3,7-8,11-13,15,17,25,36,38-39,42-47,53-54,58-60H,5,14,16,18-22,49-50H2,(H,55,56)/t25-,36-,38-,39-,42+,43-,44-,45-,47-,48+/m1/s1. The number of rotatable bonds is 11. The van der Waals surface area contributed by atoms with Crippen molar-refractivity contribution < 1.29 is 73.4 Å². The Labute approximate surface area is 382 Å². The first-order valence-corrected chi connectivity index (χ1v) is 21.6. The average molecular weight is 919 g/mol. The van der Waals surface area contributed by atoms with Crippen molar-refractivity contribution >= 4 is 18.2 Å². The van der Waals surface area contributed by atoms with E-state index < -0.39 is 98.1 Å². The van der Waals surface area contributed by atoms with Crippen LogP contribution < -0.4 is 35.2 Å². The molecular formula is C48H46N4O15. The predicted octanol–water partition coefficient (Wildman–Crippen LogP) is 0.535. The Kier molecular flexibility index (Phi) is 11.6. The predicted molar refractivity (Wildman–Crippen MR) is 231 cm³/mol. The summed E-state index contributed by atoms with van der Waals surface area (Å²) in [5, 5.41) is 65.4. The molecule has 0 radical (unpaired) electrons. The number of hydrogen-bond donors (Lipinski definition) is 8. The van der Waals surface area contributed by atoms with E-state index in [1.165, 1.54) is 0 Å². The molecule has 19 heteroatoms. The maximum absolute atomic E-state index is 12.7. The number of aliphatic carboxylic acids is 1. The van der Waals surface area contributed by atoms with Gasteiger partial charge >= 0.3 is 11.9 Å². The van der Waals surface area contributed by atoms with Crippen LogP contribution in [0.15, 0.2) is 76.6 Å². The maximum Gasteiger partial charge on any atom is 0.317 e. The summed E-state index contributed by atoms with van der Waals surface area (Å²) >= 11 is 0. The van der Waals surface area contributed by atoms with E-state index in [1.54, 1.807) is 18.3 Å². The van der Waals surface area contributed by atoms with Crippen molar-refractivity contribution in [1.29, 1.82) is 0 Å². The number of hydrogen-bond acceptors (Lipinski definition) is 18. The molecule has 0 saturated carbocycles. The number of carbonyl (C=O) groups excluding carboxylic acids is 1. The topological polar surface area (TPSA) is 288 Å². The van der Waals surface area contributed by atoms with Gasteiger partial charge < -0.3 is 80.2 Å². The number of nitrogens with two attached hydrogens (primary N) is 2. The summed E-state index contributed by atoms with van der Waals surface area (Å²) in [7, 11) is 0. The molecule has 19 nitrogen and oxygen atoms in total. The van der Waals surface area contributed by atoms with E-state index in [9.17, 15) is 40.2 Å². The number of carboxylic acid groups (broad SMARTS) is 1. The van der Waals surface area contributed by atoms with Crippen LogP contribution in [0.2, 0.25) is 0 Å². The molecular weight excluding hydrogens is 873 g/mol. The van der Waals surface area contributed by atoms with Crippen LogP contribution in [-0.2, 0) is 25.6 Å². The number of fused-ring (bicyclic) bond motifs is 6. The molecule has 348 valence electrons. The van der Waals surface area contributed by atoms with Crippen LogP contribution in [0.25, 0.3) is 0 Å². The quantitative estimate of drug-likeness (QED) is 0.0564. The summed E-state index contributed by atoms with van der Waals surface area (Å²) in [6, 6.07) is 14.8. The van der Waals surface area contributed by atoms with Gasteiger partial charge in [0, 0.05) is 60.5 Å². The van der Waals surface area contributed by atoms with Crippen LogP contribution in [0.5, 0.6) is 28.7 Å². The highest BCUT2D eigenvalue weighted by Crippen LogP contribution is 2.61. The van der Waals surface area contributed by atoms with Gasteiger partial charge in [-0.05, 0) is 17.7 Å². The molecule has 8 aliphatic rings. The first-order valence-electron chi connectivity index (χ1n) is 21.6. The molecule has 3 aromatic rings. The van der Waals surface area contributed by atoms with Crippen molar-refractivity contribution in [3.8, 4) is 52.4 Å². The number of aliphatic imine (C=N–C) groups is 1. The smallest absolute Gasteiger partial charge is 0.317 e. The molecule has 3 aromatic carbocycles. The van der Waals surface area contributed by atoms with Crippen LogP contribution in [0.1, 0.15) is 65.0 Å². The van der Waals surface area contributed by atoms with Gasteiger partial charge in [0.2, 0.25) is 12.0 Å². The van der Waals surface area contributed by atoms with E-state index in [2.05, 4.69) is 28.7 Å². The Balaban J connectivity index is 1.17. The highest BCUT2D eigenvalue weighted by molar-refractivity contribution is 5.90. The van der Waals surface area contributed by atoms with E-state index in [1.807, 2.05) is 47.4 Å². The lowest BCUT2D eigenvalue weighted by atomic mass is 9.75. The minimum atomic E-state index is -2.52. The summed E-state index contributed by atoms with van der Waals surface area (Å²) in [4.78, 5) is 30.5. The number of aliphatic hydroxyl groups is 5. The molecule has 11 rings (SSSR count). The van der Waals surface area contributed by atoms with Crippen molar-refractivity contribution in [3.63, 3.8) is 0 Å². The number of aliphatic hydroxyl groups excluding tert-OH is 4. The van der Waals surface area contributed by atoms with Crippen molar-refractivity contribution in [2.45, 2.75) is 92.3 Å². The molecule has 0 spiro atoms. The third-order valence-electron chi connectivity index (χ3n) is 13.0. The number of allylic oxidation sites excluding steroid dienone is 1. The largest absolute Gasteiger partial charge is 0.487 e. The number of ether oxygens (including phenoxy) is 7. The Morgan fingerprint density at radius 1 is 1.03 bits per heavy atom. The van der Waals surface area contributed by atoms with Crippen LogP contribution in [0.3, 0.4) is 0 Å². The molecule has 8 aliphatic heterocycles. The van der Waals surface area contributed by atoms with E-state index in [-0.39, 0.29) is 48.3 Å². The van der Waals surface area contributed by atoms with Crippen LogP contribution >= 0.6 is 0 Å². The van der Waals surface area contributed by atoms with Crippen LogP contribution in [-0.4, -0.2) is 129 Å². The highest BCUT2D eigenvalue weighted by atomic mass is 16.7. The van der Waals surface area contributed by atoms with Crippen molar-refractivity contribution in [2.75, 3.05) is 26.6 Å². The number of benzene rings is 3. The van der Waals surface area contributed by atoms with Crippen LogP contribution in [0.4, 0.5) is 0 Å². The summed E-state index contributed by atoms with van der Waals surface area (Å²) in [6.07, 6.45) is -10.3. The van der Waals surface area contributed by atoms with Gasteiger partial charge in [0.15, 0.2) is 24.4 Å². The molecule has 0 amide bonds. The fourth-order valence-corrected chi connectivity index (χ4v) is 10.0. The lowest BCUT2D eigenvalue weighted by Gasteiger charge is -2.50. The lowest BCUT2D eigenvalue weighted by molar-refractivity contribution is -0.324. The molecule has 0 unspecified atom stereocenters. The monoisotopic (exact) mass is 918 g/mol. The van der Waals surface area contributed by atoms with Gasteiger partial charge in [0.05, 0.1) is 48.2 Å². The molecule has 6 bridgehead atoms. The summed E-state index contributed by atoms with van der Waals surface area (Å²) in [6.45, 7) is -0.351. The second kappa shape index (κ2) is 17.5. The van der Waals surface area contributed by atoms with Gasteiger partial charge in [-0.25, -0.2) is 0 Å². The second-order valence-electron chi connectivity index (χ2n) is 17.0. The zero-order valence-electron chi connectivity index (χ0n) is 35.6. The minimum absolute atomic E-state index is 0.00807. The van der Waals surface area contributed by atoms with Crippen molar-refractivity contribution in [3.05, 3.63) is 99.4 Å². The van der Waals surface area contributed by atoms with E-state index in [0.717, 1.165) is 16.7 Å². The van der Waals surface area contributed by atoms with E-state index >= 15 is 0 Å². The molecule has 0 aliphatic carbocycles. The highest BCUT2D eigenvalue weighted by Gasteiger charge is 2.60. The summed E-state index contributed by atoms with van der Waals surface area (Å²) in [5.41, 5.74) is 14.6. The Morgan fingerprint density at radius 3 is 2.61 bits per heavy atom. The second-order valence-corrected chi connectivity index (χ2v) is 17.0. The fraction of sp³-hybridized carbons (Fsp3) is 0.396. The third kappa shape index (κ3) is 7.59. The number of nitrogens with zero attached hydrogens (tertiary/aromatic N) is 2. The van der Waals surface area contributed by atoms with Gasteiger partial charge in [-0.2, -0.15) is 0 Å². The normalized spacial score (nSPS) is 28.6. The first kappa shape index (κ1) is 44.2. The van der Waals surface area contributed by atoms with Gasteiger partial charge in [-0.3, -0.25) is 14.6 Å². The Morgan fingerprint density at radius 2 is 1.85 bits per heavy atom. The zero-order chi connectivity index (χ0) is 46.7. The van der Waals surface area contributed by atoms with Crippen LogP contribution in [0, 0.1) is 23.7 Å². The third-order valence-corrected chi connectivity index (χ3v) is 13.0. The van der Waals surface area contributed by atoms with Gasteiger partial charge in [-0.1, -0.05) is 60.1 Å². The van der Waals surface area contributed by atoms with Crippen molar-refractivity contribution in [1.82, 2.24) is 4.90 Å². The SMILES string of the molecule is NC(N)[C@H](OC(=O)CC(=O)O)[C@H]1O[C@H]2Oc3cc4c(c(CN5CC6=CC=NC6=C5CO)c3C#CC[C@]1(O)[C@H](O)[C@H]2O)[C@@H]1Oc2c3ccc(OCO)c2OCCC#C[C@H](c2ccccc2)[C@@H](O4)[C@@H]31. The maximum atomic E-state index is 12.7. The minimum Gasteiger partial charge on any atom is -0.487 e. The molecule has 1 fully saturated rings. The zero-order valence-corrected chi connectivity index (χ0v) is 35.6. The van der Waals surface area contributed by atoms with Gasteiger partial charge in [0.25, 0.3) is 0 Å². The molecule has 67 heavy (non-hydrogen) atoms. The van der Waals surface area contributed by atoms with Crippen molar-refractivity contribution in [2.24, 2.45) is 16.5 Å². The van der Waals surface area contributed by atoms with E-state index in [4.69, 9.17) is 44.6 Å². The van der Waals surface area contributed by atoms with Gasteiger partial charge in [0.1, 0.15) is 54.0 Å². The first-order chi connectivity index (χ1) is 32.4. The number of carboxylic acids is 1. The van der Waals surface area contributed by atoms with E-state index in [0.29, 0.717) is 41.2 Å². The molecule has 8 heterocycles. The fourth-order valence-electron chi connectivity index (χ4n) is 10.0. The molecule has 10 N–H and O–H groups in total. The summed E-state index contributed by atoms with van der Waals surface area (Å²) < 4.78 is 44.3.